The first-order chi connectivity index (χ1) is 8.77. The first-order valence-electron chi connectivity index (χ1n) is 7.23. The molecule has 0 aromatic carbocycles. The third kappa shape index (κ3) is 3.04. The summed E-state index contributed by atoms with van der Waals surface area (Å²) < 4.78 is 6.28. The minimum absolute atomic E-state index is 0.0221. The summed E-state index contributed by atoms with van der Waals surface area (Å²) in [5.41, 5.74) is 2.75. The Bertz CT molecular complexity index is 436. The second-order valence-electron chi connectivity index (χ2n) is 6.82. The molecule has 0 spiro atoms. The normalized spacial score (nSPS) is 26.5. The highest BCUT2D eigenvalue weighted by Crippen LogP contribution is 2.48. The third-order valence-corrected chi connectivity index (χ3v) is 5.08. The van der Waals surface area contributed by atoms with E-state index in [0.29, 0.717) is 12.0 Å². The lowest BCUT2D eigenvalue weighted by Gasteiger charge is -2.33. The van der Waals surface area contributed by atoms with E-state index < -0.39 is 0 Å². The molecule has 1 aliphatic rings. The Hall–Kier alpha value is -0.380. The largest absolute Gasteiger partial charge is 0.369 e. The molecule has 0 aliphatic carbocycles. The maximum atomic E-state index is 6.28. The van der Waals surface area contributed by atoms with Gasteiger partial charge >= 0.3 is 0 Å². The molecule has 1 saturated heterocycles. The fourth-order valence-electron chi connectivity index (χ4n) is 3.50. The Labute approximate surface area is 121 Å². The molecule has 2 nitrogen and oxygen atoms in total. The van der Waals surface area contributed by atoms with Gasteiger partial charge in [0, 0.05) is 12.0 Å². The van der Waals surface area contributed by atoms with Gasteiger partial charge in [-0.2, -0.15) is 11.3 Å². The standard InChI is InChI=1S/C16H27NOS/c1-7-17-14(12-10-19-9-11(12)2)13-8-15(3,4)18-16(13,5)6/h9-10,13-14,17H,7-8H2,1-6H3. The van der Waals surface area contributed by atoms with E-state index in [9.17, 15) is 0 Å². The van der Waals surface area contributed by atoms with Crippen LogP contribution in [0.15, 0.2) is 10.8 Å². The van der Waals surface area contributed by atoms with Gasteiger partial charge in [-0.25, -0.2) is 0 Å². The molecule has 2 unspecified atom stereocenters. The molecule has 2 rings (SSSR count). The van der Waals surface area contributed by atoms with Gasteiger partial charge in [0.2, 0.25) is 0 Å². The molecule has 1 fully saturated rings. The zero-order chi connectivity index (χ0) is 14.3. The summed E-state index contributed by atoms with van der Waals surface area (Å²) in [7, 11) is 0. The lowest BCUT2D eigenvalue weighted by atomic mass is 9.79. The second kappa shape index (κ2) is 5.19. The quantitative estimate of drug-likeness (QED) is 0.888. The Kier molecular flexibility index (Phi) is 4.10. The van der Waals surface area contributed by atoms with Crippen LogP contribution in [0.2, 0.25) is 0 Å². The fourth-order valence-corrected chi connectivity index (χ4v) is 4.39. The minimum atomic E-state index is -0.0787. The summed E-state index contributed by atoms with van der Waals surface area (Å²) in [6.07, 6.45) is 1.10. The Morgan fingerprint density at radius 2 is 2.05 bits per heavy atom. The first-order valence-corrected chi connectivity index (χ1v) is 8.17. The summed E-state index contributed by atoms with van der Waals surface area (Å²) in [5, 5.41) is 8.23. The molecule has 1 aromatic rings. The van der Waals surface area contributed by atoms with E-state index in [1.54, 1.807) is 11.3 Å². The SMILES string of the molecule is CCNC(c1cscc1C)C1CC(C)(C)OC1(C)C. The van der Waals surface area contributed by atoms with Gasteiger partial charge in [0.15, 0.2) is 0 Å². The molecule has 0 bridgehead atoms. The molecule has 0 radical (unpaired) electrons. The predicted octanol–water partition coefficient (Wildman–Crippen LogP) is 4.30. The lowest BCUT2D eigenvalue weighted by Crippen LogP contribution is -2.38. The minimum Gasteiger partial charge on any atom is -0.369 e. The fraction of sp³-hybridized carbons (Fsp3) is 0.750. The Morgan fingerprint density at radius 1 is 1.37 bits per heavy atom. The van der Waals surface area contributed by atoms with Gasteiger partial charge in [0.1, 0.15) is 0 Å². The van der Waals surface area contributed by atoms with Crippen molar-refractivity contribution < 1.29 is 4.74 Å². The van der Waals surface area contributed by atoms with Crippen molar-refractivity contribution in [2.45, 2.75) is 65.2 Å². The van der Waals surface area contributed by atoms with Crippen molar-refractivity contribution in [3.63, 3.8) is 0 Å². The molecule has 0 amide bonds. The van der Waals surface area contributed by atoms with Gasteiger partial charge in [-0.1, -0.05) is 6.92 Å². The van der Waals surface area contributed by atoms with E-state index in [-0.39, 0.29) is 11.2 Å². The molecule has 1 aliphatic heterocycles. The monoisotopic (exact) mass is 281 g/mol. The molecular weight excluding hydrogens is 254 g/mol. The van der Waals surface area contributed by atoms with Crippen LogP contribution in [0.25, 0.3) is 0 Å². The van der Waals surface area contributed by atoms with Crippen molar-refractivity contribution in [1.82, 2.24) is 5.32 Å². The second-order valence-corrected chi connectivity index (χ2v) is 7.56. The molecule has 108 valence electrons. The van der Waals surface area contributed by atoms with Gasteiger partial charge in [-0.05, 0) is 69.5 Å². The van der Waals surface area contributed by atoms with Crippen molar-refractivity contribution in [3.05, 3.63) is 21.9 Å². The predicted molar refractivity (Wildman–Crippen MR) is 82.8 cm³/mol. The molecule has 3 heteroatoms. The van der Waals surface area contributed by atoms with Crippen LogP contribution in [-0.4, -0.2) is 17.7 Å². The summed E-state index contributed by atoms with van der Waals surface area (Å²) in [6, 6.07) is 0.396. The highest BCUT2D eigenvalue weighted by Gasteiger charge is 2.49. The van der Waals surface area contributed by atoms with Gasteiger partial charge in [-0.15, -0.1) is 0 Å². The molecule has 0 saturated carbocycles. The van der Waals surface area contributed by atoms with Gasteiger partial charge < -0.3 is 10.1 Å². The van der Waals surface area contributed by atoms with Crippen LogP contribution in [0.5, 0.6) is 0 Å². The topological polar surface area (TPSA) is 21.3 Å². The van der Waals surface area contributed by atoms with Crippen LogP contribution in [0.3, 0.4) is 0 Å². The number of hydrogen-bond acceptors (Lipinski definition) is 3. The number of rotatable bonds is 4. The van der Waals surface area contributed by atoms with E-state index in [2.05, 4.69) is 57.6 Å². The number of aryl methyl sites for hydroxylation is 1. The van der Waals surface area contributed by atoms with Crippen LogP contribution in [-0.2, 0) is 4.74 Å². The van der Waals surface area contributed by atoms with Crippen molar-refractivity contribution in [2.75, 3.05) is 6.54 Å². The van der Waals surface area contributed by atoms with Gasteiger partial charge in [0.25, 0.3) is 0 Å². The Balaban J connectivity index is 2.32. The maximum absolute atomic E-state index is 6.28. The molecular formula is C16H27NOS. The van der Waals surface area contributed by atoms with Crippen LogP contribution < -0.4 is 5.32 Å². The summed E-state index contributed by atoms with van der Waals surface area (Å²) in [4.78, 5) is 0. The average Bonchev–Trinajstić information content (AvgIpc) is 2.76. The van der Waals surface area contributed by atoms with E-state index in [4.69, 9.17) is 4.74 Å². The molecule has 1 N–H and O–H groups in total. The number of nitrogens with one attached hydrogen (secondary N) is 1. The van der Waals surface area contributed by atoms with Crippen molar-refractivity contribution in [1.29, 1.82) is 0 Å². The lowest BCUT2D eigenvalue weighted by molar-refractivity contribution is -0.0778. The van der Waals surface area contributed by atoms with Crippen molar-refractivity contribution >= 4 is 11.3 Å². The van der Waals surface area contributed by atoms with Crippen molar-refractivity contribution in [2.24, 2.45) is 5.92 Å². The number of ether oxygens (including phenoxy) is 1. The Morgan fingerprint density at radius 3 is 2.47 bits per heavy atom. The third-order valence-electron chi connectivity index (χ3n) is 4.20. The van der Waals surface area contributed by atoms with E-state index >= 15 is 0 Å². The summed E-state index contributed by atoms with van der Waals surface area (Å²) in [5.74, 6) is 0.510. The molecule has 1 aromatic heterocycles. The van der Waals surface area contributed by atoms with Crippen LogP contribution in [0.4, 0.5) is 0 Å². The molecule has 2 atom stereocenters. The molecule has 2 heterocycles. The van der Waals surface area contributed by atoms with Gasteiger partial charge in [0.05, 0.1) is 11.2 Å². The van der Waals surface area contributed by atoms with Crippen molar-refractivity contribution in [3.8, 4) is 0 Å². The smallest absolute Gasteiger partial charge is 0.0681 e. The summed E-state index contributed by atoms with van der Waals surface area (Å²) >= 11 is 1.80. The molecule has 19 heavy (non-hydrogen) atoms. The zero-order valence-corrected chi connectivity index (χ0v) is 13.9. The number of thiophene rings is 1. The highest BCUT2D eigenvalue weighted by molar-refractivity contribution is 7.08. The average molecular weight is 281 g/mol. The first kappa shape index (κ1) is 15.0. The van der Waals surface area contributed by atoms with Crippen LogP contribution in [0.1, 0.15) is 58.2 Å². The zero-order valence-electron chi connectivity index (χ0n) is 13.0. The number of hydrogen-bond donors (Lipinski definition) is 1. The van der Waals surface area contributed by atoms with E-state index in [1.165, 1.54) is 11.1 Å². The van der Waals surface area contributed by atoms with E-state index in [0.717, 1.165) is 13.0 Å². The van der Waals surface area contributed by atoms with Crippen LogP contribution >= 0.6 is 11.3 Å². The maximum Gasteiger partial charge on any atom is 0.0681 e. The van der Waals surface area contributed by atoms with E-state index in [1.807, 2.05) is 0 Å². The highest BCUT2D eigenvalue weighted by atomic mass is 32.1. The summed E-state index contributed by atoms with van der Waals surface area (Å²) in [6.45, 7) is 14.3. The van der Waals surface area contributed by atoms with Crippen LogP contribution in [0, 0.1) is 12.8 Å². The van der Waals surface area contributed by atoms with Gasteiger partial charge in [-0.3, -0.25) is 0 Å².